The summed E-state index contributed by atoms with van der Waals surface area (Å²) < 4.78 is 0. The summed E-state index contributed by atoms with van der Waals surface area (Å²) in [6.07, 6.45) is 0.314. The van der Waals surface area contributed by atoms with E-state index in [-0.39, 0.29) is 17.7 Å². The lowest BCUT2D eigenvalue weighted by Gasteiger charge is -2.09. The van der Waals surface area contributed by atoms with Crippen LogP contribution in [0.25, 0.3) is 0 Å². The van der Waals surface area contributed by atoms with E-state index in [0.29, 0.717) is 13.0 Å². The van der Waals surface area contributed by atoms with E-state index in [2.05, 4.69) is 12.6 Å². The van der Waals surface area contributed by atoms with Gasteiger partial charge in [0.05, 0.1) is 0 Å². The molecule has 2 atom stereocenters. The van der Waals surface area contributed by atoms with Crippen LogP contribution >= 0.6 is 25.0 Å². The second kappa shape index (κ2) is 6.72. The molecule has 11 heavy (non-hydrogen) atoms. The predicted molar refractivity (Wildman–Crippen MR) is 49.3 cm³/mol. The molecule has 1 unspecified atom stereocenters. The average molecular weight is 201 g/mol. The lowest BCUT2D eigenvalue weighted by atomic mass is 10.2. The van der Waals surface area contributed by atoms with Gasteiger partial charge in [-0.15, -0.1) is 12.4 Å². The first-order chi connectivity index (χ1) is 4.57. The average Bonchev–Trinajstić information content (AvgIpc) is 1.87. The normalized spacial score (nSPS) is 14.8. The first-order valence-corrected chi connectivity index (χ1v) is 3.46. The van der Waals surface area contributed by atoms with Crippen molar-refractivity contribution in [3.63, 3.8) is 0 Å². The minimum absolute atomic E-state index is 0. The van der Waals surface area contributed by atoms with E-state index >= 15 is 0 Å². The van der Waals surface area contributed by atoms with Gasteiger partial charge in [-0.1, -0.05) is 0 Å². The van der Waals surface area contributed by atoms with E-state index < -0.39 is 12.0 Å². The lowest BCUT2D eigenvalue weighted by Crippen LogP contribution is -2.34. The minimum atomic E-state index is -1.01. The monoisotopic (exact) mass is 200 g/mol. The van der Waals surface area contributed by atoms with E-state index in [1.807, 2.05) is 0 Å². The molecule has 0 aromatic heterocycles. The molecule has 0 radical (unpaired) electrons. The van der Waals surface area contributed by atoms with Gasteiger partial charge in [-0.25, -0.2) is 0 Å². The van der Waals surface area contributed by atoms with E-state index in [0.717, 1.165) is 0 Å². The number of hydrogen-bond donors (Lipinski definition) is 4. The van der Waals surface area contributed by atoms with Crippen LogP contribution in [0, 0.1) is 0 Å². The molecule has 0 saturated carbocycles. The lowest BCUT2D eigenvalue weighted by molar-refractivity contribution is -0.138. The van der Waals surface area contributed by atoms with Gasteiger partial charge in [0.15, 0.2) is 0 Å². The van der Waals surface area contributed by atoms with E-state index in [1.54, 1.807) is 0 Å². The first kappa shape index (κ1) is 13.6. The molecule has 0 aromatic carbocycles. The highest BCUT2D eigenvalue weighted by atomic mass is 35.5. The quantitative estimate of drug-likeness (QED) is 0.460. The zero-order chi connectivity index (χ0) is 8.15. The van der Waals surface area contributed by atoms with Gasteiger partial charge in [-0.3, -0.25) is 4.79 Å². The Morgan fingerprint density at radius 1 is 1.64 bits per heavy atom. The van der Waals surface area contributed by atoms with Crippen LogP contribution in [0.3, 0.4) is 0 Å². The maximum Gasteiger partial charge on any atom is 0.320 e. The molecule has 0 aromatic rings. The molecule has 0 heterocycles. The molecule has 0 amide bonds. The third-order valence-electron chi connectivity index (χ3n) is 1.12. The highest BCUT2D eigenvalue weighted by molar-refractivity contribution is 7.81. The van der Waals surface area contributed by atoms with Crippen molar-refractivity contribution < 1.29 is 9.90 Å². The summed E-state index contributed by atoms with van der Waals surface area (Å²) >= 11 is 4.00. The van der Waals surface area contributed by atoms with Crippen LogP contribution in [-0.2, 0) is 4.79 Å². The molecule has 0 bridgehead atoms. The first-order valence-electron chi connectivity index (χ1n) is 2.94. The van der Waals surface area contributed by atoms with E-state index in [9.17, 15) is 4.79 Å². The van der Waals surface area contributed by atoms with E-state index in [4.69, 9.17) is 16.6 Å². The maximum atomic E-state index is 10.2. The maximum absolute atomic E-state index is 10.2. The molecule has 0 spiro atoms. The fraction of sp³-hybridized carbons (Fsp3) is 0.800. The van der Waals surface area contributed by atoms with Crippen LogP contribution in [-0.4, -0.2) is 28.9 Å². The standard InChI is InChI=1S/C5H12N2O2S.ClH/c6-2-3(10)1-4(7)5(8)9;/h3-4,10H,1-2,6-7H2,(H,8,9);1H/t3?,4-;/m0./s1. The smallest absolute Gasteiger partial charge is 0.320 e. The Balaban J connectivity index is 0. The Morgan fingerprint density at radius 2 is 2.09 bits per heavy atom. The Labute approximate surface area is 77.1 Å². The van der Waals surface area contributed by atoms with Crippen LogP contribution < -0.4 is 11.5 Å². The van der Waals surface area contributed by atoms with Crippen LogP contribution in [0.2, 0.25) is 0 Å². The largest absolute Gasteiger partial charge is 0.480 e. The predicted octanol–water partition coefficient (Wildman–Crippen LogP) is -0.533. The van der Waals surface area contributed by atoms with Gasteiger partial charge in [-0.05, 0) is 6.42 Å². The summed E-state index contributed by atoms with van der Waals surface area (Å²) in [4.78, 5) is 10.2. The van der Waals surface area contributed by atoms with Gasteiger partial charge in [0.1, 0.15) is 6.04 Å². The number of halogens is 1. The summed E-state index contributed by atoms with van der Waals surface area (Å²) in [5.41, 5.74) is 10.4. The van der Waals surface area contributed by atoms with Gasteiger partial charge in [-0.2, -0.15) is 12.6 Å². The Hall–Kier alpha value is 0.0300. The minimum Gasteiger partial charge on any atom is -0.480 e. The molecule has 5 N–H and O–H groups in total. The molecule has 0 aliphatic heterocycles. The van der Waals surface area contributed by atoms with Crippen molar-refractivity contribution in [2.45, 2.75) is 17.7 Å². The Bertz CT molecular complexity index is 125. The number of aliphatic carboxylic acids is 1. The molecule has 4 nitrogen and oxygen atoms in total. The number of hydrogen-bond acceptors (Lipinski definition) is 4. The van der Waals surface area contributed by atoms with E-state index in [1.165, 1.54) is 0 Å². The van der Waals surface area contributed by atoms with Gasteiger partial charge < -0.3 is 16.6 Å². The summed E-state index contributed by atoms with van der Waals surface area (Å²) in [5, 5.41) is 8.21. The van der Waals surface area contributed by atoms with Gasteiger partial charge in [0, 0.05) is 11.8 Å². The van der Waals surface area contributed by atoms with Gasteiger partial charge >= 0.3 is 5.97 Å². The van der Waals surface area contributed by atoms with Gasteiger partial charge in [0.25, 0.3) is 0 Å². The molecular formula is C5H13ClN2O2S. The molecule has 68 valence electrons. The van der Waals surface area contributed by atoms with Gasteiger partial charge in [0.2, 0.25) is 0 Å². The Kier molecular flexibility index (Phi) is 8.32. The SMILES string of the molecule is Cl.NCC(S)C[C@H](N)C(=O)O. The molecule has 0 fully saturated rings. The summed E-state index contributed by atoms with van der Waals surface area (Å²) in [7, 11) is 0. The van der Waals surface area contributed by atoms with Crippen molar-refractivity contribution in [3.8, 4) is 0 Å². The van der Waals surface area contributed by atoms with Crippen molar-refractivity contribution in [3.05, 3.63) is 0 Å². The molecular weight excluding hydrogens is 188 g/mol. The van der Waals surface area contributed by atoms with Crippen molar-refractivity contribution in [1.82, 2.24) is 0 Å². The number of thiol groups is 1. The fourth-order valence-electron chi connectivity index (χ4n) is 0.490. The molecule has 0 aliphatic carbocycles. The number of rotatable bonds is 4. The number of carboxylic acid groups (broad SMARTS) is 1. The third-order valence-corrected chi connectivity index (χ3v) is 1.54. The molecule has 6 heteroatoms. The van der Waals surface area contributed by atoms with Crippen LogP contribution in [0.4, 0.5) is 0 Å². The van der Waals surface area contributed by atoms with Crippen LogP contribution in [0.15, 0.2) is 0 Å². The topological polar surface area (TPSA) is 89.3 Å². The van der Waals surface area contributed by atoms with Crippen LogP contribution in [0.1, 0.15) is 6.42 Å². The fourth-order valence-corrected chi connectivity index (χ4v) is 0.717. The van der Waals surface area contributed by atoms with Crippen molar-refractivity contribution in [2.24, 2.45) is 11.5 Å². The molecule has 0 saturated heterocycles. The van der Waals surface area contributed by atoms with Crippen molar-refractivity contribution in [1.29, 1.82) is 0 Å². The highest BCUT2D eigenvalue weighted by Crippen LogP contribution is 2.01. The van der Waals surface area contributed by atoms with Crippen molar-refractivity contribution >= 4 is 31.0 Å². The zero-order valence-electron chi connectivity index (χ0n) is 5.93. The molecule has 0 aliphatic rings. The zero-order valence-corrected chi connectivity index (χ0v) is 7.65. The second-order valence-electron chi connectivity index (χ2n) is 2.07. The van der Waals surface area contributed by atoms with Crippen LogP contribution in [0.5, 0.6) is 0 Å². The summed E-state index contributed by atoms with van der Waals surface area (Å²) in [6, 6.07) is -0.842. The number of carbonyl (C=O) groups is 1. The third kappa shape index (κ3) is 6.43. The Morgan fingerprint density at radius 3 is 2.36 bits per heavy atom. The number of nitrogens with two attached hydrogens (primary N) is 2. The number of carboxylic acids is 1. The second-order valence-corrected chi connectivity index (χ2v) is 2.80. The summed E-state index contributed by atoms with van der Waals surface area (Å²) in [5.74, 6) is -1.01. The molecule has 0 rings (SSSR count). The highest BCUT2D eigenvalue weighted by Gasteiger charge is 2.14. The summed E-state index contributed by atoms with van der Waals surface area (Å²) in [6.45, 7) is 0.351. The van der Waals surface area contributed by atoms with Crippen molar-refractivity contribution in [2.75, 3.05) is 6.54 Å².